The molecule has 17 heavy (non-hydrogen) atoms. The van der Waals surface area contributed by atoms with Gasteiger partial charge in [-0.25, -0.2) is 9.82 Å². The van der Waals surface area contributed by atoms with Gasteiger partial charge in [0.25, 0.3) is 0 Å². The molecule has 6 heteroatoms. The van der Waals surface area contributed by atoms with Crippen LogP contribution in [0.1, 0.15) is 17.2 Å². The van der Waals surface area contributed by atoms with Crippen LogP contribution in [0.25, 0.3) is 0 Å². The number of benzene rings is 1. The Labute approximate surface area is 106 Å². The molecule has 2 rings (SSSR count). The van der Waals surface area contributed by atoms with Crippen LogP contribution in [0.3, 0.4) is 0 Å². The minimum Gasteiger partial charge on any atom is -0.271 e. The van der Waals surface area contributed by atoms with Crippen LogP contribution in [0.4, 0.5) is 4.39 Å². The van der Waals surface area contributed by atoms with Crippen molar-refractivity contribution < 1.29 is 4.39 Å². The van der Waals surface area contributed by atoms with Crippen molar-refractivity contribution in [2.45, 2.75) is 6.04 Å². The second-order valence-corrected chi connectivity index (χ2v) is 4.27. The summed E-state index contributed by atoms with van der Waals surface area (Å²) in [6.45, 7) is 0. The summed E-state index contributed by atoms with van der Waals surface area (Å²) in [5, 5.41) is 7.43. The predicted octanol–water partition coefficient (Wildman–Crippen LogP) is 1.93. The molecule has 4 nitrogen and oxygen atoms in total. The minimum absolute atomic E-state index is 0.340. The van der Waals surface area contributed by atoms with Crippen LogP contribution in [-0.2, 0) is 0 Å². The van der Waals surface area contributed by atoms with Crippen LogP contribution in [0.5, 0.6) is 0 Å². The van der Waals surface area contributed by atoms with Gasteiger partial charge < -0.3 is 0 Å². The van der Waals surface area contributed by atoms with Crippen molar-refractivity contribution in [2.24, 2.45) is 5.84 Å². The number of hydrogen-bond acceptors (Lipinski definition) is 4. The molecule has 0 aliphatic rings. The van der Waals surface area contributed by atoms with Gasteiger partial charge in [-0.05, 0) is 33.6 Å². The lowest BCUT2D eigenvalue weighted by atomic mass is 10.0. The maximum atomic E-state index is 13.9. The van der Waals surface area contributed by atoms with E-state index >= 15 is 0 Å². The predicted molar refractivity (Wildman–Crippen MR) is 65.3 cm³/mol. The minimum atomic E-state index is -0.456. The summed E-state index contributed by atoms with van der Waals surface area (Å²) in [6.07, 6.45) is 3.08. The van der Waals surface area contributed by atoms with Crippen molar-refractivity contribution in [3.8, 4) is 0 Å². The zero-order chi connectivity index (χ0) is 12.3. The normalized spacial score (nSPS) is 12.4. The van der Waals surface area contributed by atoms with Crippen LogP contribution in [0, 0.1) is 5.82 Å². The van der Waals surface area contributed by atoms with Gasteiger partial charge in [-0.2, -0.15) is 10.2 Å². The fourth-order valence-corrected chi connectivity index (χ4v) is 1.96. The van der Waals surface area contributed by atoms with E-state index in [0.717, 1.165) is 5.56 Å². The fraction of sp³-hybridized carbons (Fsp3) is 0.0909. The van der Waals surface area contributed by atoms with E-state index in [0.29, 0.717) is 10.0 Å². The number of halogens is 2. The van der Waals surface area contributed by atoms with Crippen LogP contribution < -0.4 is 11.3 Å². The Morgan fingerprint density at radius 2 is 2.12 bits per heavy atom. The van der Waals surface area contributed by atoms with Crippen LogP contribution in [-0.4, -0.2) is 10.2 Å². The standard InChI is InChI=1S/C11H10BrFN4/c12-9-3-1-2-8(10(9)13)11(17-14)7-4-5-15-16-6-7/h1-6,11,17H,14H2. The Morgan fingerprint density at radius 3 is 2.76 bits per heavy atom. The lowest BCUT2D eigenvalue weighted by Crippen LogP contribution is -2.29. The first kappa shape index (κ1) is 12.1. The van der Waals surface area contributed by atoms with E-state index < -0.39 is 6.04 Å². The van der Waals surface area contributed by atoms with E-state index in [-0.39, 0.29) is 5.82 Å². The van der Waals surface area contributed by atoms with Crippen molar-refractivity contribution in [3.63, 3.8) is 0 Å². The first-order valence-electron chi connectivity index (χ1n) is 4.90. The molecule has 0 saturated heterocycles. The van der Waals surface area contributed by atoms with E-state index in [9.17, 15) is 4.39 Å². The number of rotatable bonds is 3. The number of hydrogen-bond donors (Lipinski definition) is 2. The number of hydrazine groups is 1. The van der Waals surface area contributed by atoms with Crippen LogP contribution >= 0.6 is 15.9 Å². The zero-order valence-corrected chi connectivity index (χ0v) is 10.4. The van der Waals surface area contributed by atoms with Gasteiger partial charge in [0.1, 0.15) is 5.82 Å². The molecule has 3 N–H and O–H groups in total. The Balaban J connectivity index is 2.46. The van der Waals surface area contributed by atoms with E-state index in [1.54, 1.807) is 30.5 Å². The van der Waals surface area contributed by atoms with Crippen molar-refractivity contribution in [1.82, 2.24) is 15.6 Å². The Bertz CT molecular complexity index is 506. The van der Waals surface area contributed by atoms with Crippen molar-refractivity contribution in [2.75, 3.05) is 0 Å². The molecule has 1 atom stereocenters. The van der Waals surface area contributed by atoms with Crippen LogP contribution in [0.15, 0.2) is 41.1 Å². The van der Waals surface area contributed by atoms with Gasteiger partial charge in [0.2, 0.25) is 0 Å². The van der Waals surface area contributed by atoms with Gasteiger partial charge in [-0.3, -0.25) is 5.84 Å². The largest absolute Gasteiger partial charge is 0.271 e. The second kappa shape index (κ2) is 5.31. The Hall–Kier alpha value is -1.37. The molecule has 88 valence electrons. The summed E-state index contributed by atoms with van der Waals surface area (Å²) in [5.74, 6) is 5.14. The van der Waals surface area contributed by atoms with E-state index in [2.05, 4.69) is 31.6 Å². The maximum Gasteiger partial charge on any atom is 0.142 e. The SMILES string of the molecule is NNC(c1ccnnc1)c1cccc(Br)c1F. The third-order valence-electron chi connectivity index (χ3n) is 2.40. The first-order chi connectivity index (χ1) is 8.24. The lowest BCUT2D eigenvalue weighted by Gasteiger charge is -2.17. The van der Waals surface area contributed by atoms with E-state index in [1.807, 2.05) is 0 Å². The molecule has 0 radical (unpaired) electrons. The molecule has 0 amide bonds. The smallest absolute Gasteiger partial charge is 0.142 e. The quantitative estimate of drug-likeness (QED) is 0.671. The molecule has 0 aliphatic heterocycles. The number of nitrogens with two attached hydrogens (primary N) is 1. The highest BCUT2D eigenvalue weighted by Gasteiger charge is 2.18. The number of aromatic nitrogens is 2. The Morgan fingerprint density at radius 1 is 1.29 bits per heavy atom. The molecule has 1 aromatic carbocycles. The second-order valence-electron chi connectivity index (χ2n) is 3.42. The Kier molecular flexibility index (Phi) is 3.78. The summed E-state index contributed by atoms with van der Waals surface area (Å²) < 4.78 is 14.3. The fourth-order valence-electron chi connectivity index (χ4n) is 1.58. The van der Waals surface area contributed by atoms with Gasteiger partial charge in [0.15, 0.2) is 0 Å². The third kappa shape index (κ3) is 2.49. The number of nitrogens with zero attached hydrogens (tertiary/aromatic N) is 2. The monoisotopic (exact) mass is 296 g/mol. The highest BCUT2D eigenvalue weighted by molar-refractivity contribution is 9.10. The van der Waals surface area contributed by atoms with Gasteiger partial charge >= 0.3 is 0 Å². The highest BCUT2D eigenvalue weighted by Crippen LogP contribution is 2.27. The first-order valence-corrected chi connectivity index (χ1v) is 5.70. The third-order valence-corrected chi connectivity index (χ3v) is 3.01. The average Bonchev–Trinajstić information content (AvgIpc) is 2.37. The molecule has 0 aliphatic carbocycles. The summed E-state index contributed by atoms with van der Waals surface area (Å²) in [6, 6.07) is 6.34. The lowest BCUT2D eigenvalue weighted by molar-refractivity contribution is 0.554. The summed E-state index contributed by atoms with van der Waals surface area (Å²) in [7, 11) is 0. The van der Waals surface area contributed by atoms with Gasteiger partial charge in [-0.1, -0.05) is 12.1 Å². The molecule has 1 unspecified atom stereocenters. The molecule has 0 saturated carbocycles. The zero-order valence-electron chi connectivity index (χ0n) is 8.77. The summed E-state index contributed by atoms with van der Waals surface area (Å²) in [5.41, 5.74) is 3.78. The average molecular weight is 297 g/mol. The summed E-state index contributed by atoms with van der Waals surface area (Å²) in [4.78, 5) is 0. The molecule has 0 fully saturated rings. The maximum absolute atomic E-state index is 13.9. The van der Waals surface area contributed by atoms with Gasteiger partial charge in [0, 0.05) is 11.8 Å². The number of nitrogens with one attached hydrogen (secondary N) is 1. The molecular formula is C11H10BrFN4. The van der Waals surface area contributed by atoms with Gasteiger partial charge in [0.05, 0.1) is 16.7 Å². The molecule has 2 aromatic rings. The molecular weight excluding hydrogens is 287 g/mol. The summed E-state index contributed by atoms with van der Waals surface area (Å²) >= 11 is 3.14. The van der Waals surface area contributed by atoms with Crippen molar-refractivity contribution >= 4 is 15.9 Å². The molecule has 0 bridgehead atoms. The van der Waals surface area contributed by atoms with Crippen molar-refractivity contribution in [3.05, 3.63) is 58.1 Å². The molecule has 1 heterocycles. The molecule has 1 aromatic heterocycles. The van der Waals surface area contributed by atoms with E-state index in [4.69, 9.17) is 5.84 Å². The molecule has 0 spiro atoms. The highest BCUT2D eigenvalue weighted by atomic mass is 79.9. The van der Waals surface area contributed by atoms with Gasteiger partial charge in [-0.15, -0.1) is 0 Å². The topological polar surface area (TPSA) is 63.8 Å². The van der Waals surface area contributed by atoms with E-state index in [1.165, 1.54) is 6.20 Å². The van der Waals surface area contributed by atoms with Crippen LogP contribution in [0.2, 0.25) is 0 Å². The van der Waals surface area contributed by atoms with Crippen molar-refractivity contribution in [1.29, 1.82) is 0 Å².